The summed E-state index contributed by atoms with van der Waals surface area (Å²) in [5, 5.41) is 10.2. The van der Waals surface area contributed by atoms with E-state index in [4.69, 9.17) is 12.2 Å². The van der Waals surface area contributed by atoms with Crippen molar-refractivity contribution in [2.45, 2.75) is 33.6 Å². The zero-order valence-electron chi connectivity index (χ0n) is 12.6. The Morgan fingerprint density at radius 3 is 2.24 bits per heavy atom. The molecule has 0 heterocycles. The van der Waals surface area contributed by atoms with E-state index in [1.807, 2.05) is 27.7 Å². The summed E-state index contributed by atoms with van der Waals surface area (Å²) in [6, 6.07) is 3.05. The van der Waals surface area contributed by atoms with Crippen LogP contribution >= 0.6 is 0 Å². The molecule has 2 aromatic rings. The molecule has 0 aliphatic rings. The molecular formula is C17H19F2NO. The maximum atomic E-state index is 13.8. The van der Waals surface area contributed by atoms with Gasteiger partial charge in [0.15, 0.2) is 11.6 Å². The van der Waals surface area contributed by atoms with E-state index in [1.165, 1.54) is 6.07 Å². The van der Waals surface area contributed by atoms with Gasteiger partial charge in [0, 0.05) is 16.5 Å². The number of halogens is 2. The lowest BCUT2D eigenvalue weighted by Crippen LogP contribution is -2.00. The van der Waals surface area contributed by atoms with Crippen LogP contribution < -0.4 is 5.73 Å². The average Bonchev–Trinajstić information content (AvgIpc) is 2.47. The Labute approximate surface area is 123 Å². The molecule has 0 aliphatic heterocycles. The number of phenolic OH excluding ortho intramolecular Hbond substituents is 1. The lowest BCUT2D eigenvalue weighted by Gasteiger charge is -2.15. The van der Waals surface area contributed by atoms with Crippen molar-refractivity contribution in [1.29, 1.82) is 0 Å². The van der Waals surface area contributed by atoms with Gasteiger partial charge in [-0.1, -0.05) is 33.6 Å². The number of hydrogen-bond donors (Lipinski definition) is 2. The number of aromatic hydroxyl groups is 1. The van der Waals surface area contributed by atoms with Crippen LogP contribution in [0.25, 0.3) is 10.8 Å². The Kier molecular flexibility index (Phi) is 5.15. The van der Waals surface area contributed by atoms with E-state index in [0.29, 0.717) is 16.6 Å². The van der Waals surface area contributed by atoms with Crippen molar-refractivity contribution >= 4 is 16.5 Å². The highest BCUT2D eigenvalue weighted by Crippen LogP contribution is 2.38. The first kappa shape index (κ1) is 16.8. The second-order valence-corrected chi connectivity index (χ2v) is 4.68. The Morgan fingerprint density at radius 2 is 1.76 bits per heavy atom. The third-order valence-corrected chi connectivity index (χ3v) is 3.08. The summed E-state index contributed by atoms with van der Waals surface area (Å²) in [6.07, 6.45) is 5.27. The summed E-state index contributed by atoms with van der Waals surface area (Å²) in [4.78, 5) is 0. The first-order valence-electron chi connectivity index (χ1n) is 6.78. The van der Waals surface area contributed by atoms with Gasteiger partial charge in [-0.05, 0) is 23.6 Å². The molecule has 4 heteroatoms. The molecule has 0 saturated heterocycles. The summed E-state index contributed by atoms with van der Waals surface area (Å²) < 4.78 is 27.4. The number of rotatable bonds is 1. The van der Waals surface area contributed by atoms with E-state index < -0.39 is 17.4 Å². The third-order valence-electron chi connectivity index (χ3n) is 3.08. The molecule has 2 aromatic carbocycles. The number of nitrogens with two attached hydrogens (primary N) is 1. The van der Waals surface area contributed by atoms with Crippen molar-refractivity contribution in [1.82, 2.24) is 0 Å². The van der Waals surface area contributed by atoms with Crippen LogP contribution in [-0.2, 0) is 0 Å². The van der Waals surface area contributed by atoms with Gasteiger partial charge in [-0.15, -0.1) is 6.42 Å². The van der Waals surface area contributed by atoms with Crippen LogP contribution in [0.1, 0.15) is 44.7 Å². The first-order valence-corrected chi connectivity index (χ1v) is 6.78. The van der Waals surface area contributed by atoms with Crippen molar-refractivity contribution in [2.24, 2.45) is 0 Å². The molecule has 0 fully saturated rings. The number of phenols is 1. The Bertz CT molecular complexity index is 715. The van der Waals surface area contributed by atoms with Gasteiger partial charge < -0.3 is 10.8 Å². The van der Waals surface area contributed by atoms with Crippen molar-refractivity contribution < 1.29 is 13.9 Å². The topological polar surface area (TPSA) is 46.2 Å². The number of anilines is 1. The lowest BCUT2D eigenvalue weighted by atomic mass is 9.91. The second-order valence-electron chi connectivity index (χ2n) is 4.68. The van der Waals surface area contributed by atoms with Gasteiger partial charge in [0.05, 0.1) is 5.56 Å². The molecule has 0 amide bonds. The zero-order chi connectivity index (χ0) is 16.3. The van der Waals surface area contributed by atoms with Gasteiger partial charge in [0.25, 0.3) is 0 Å². The number of hydrogen-bond acceptors (Lipinski definition) is 2. The van der Waals surface area contributed by atoms with Gasteiger partial charge in [0.1, 0.15) is 0 Å². The molecule has 2 rings (SSSR count). The molecule has 0 atom stereocenters. The average molecular weight is 291 g/mol. The number of terminal acetylenes is 1. The summed E-state index contributed by atoms with van der Waals surface area (Å²) in [6.45, 7) is 7.76. The summed E-state index contributed by atoms with van der Waals surface area (Å²) in [7, 11) is 0. The van der Waals surface area contributed by atoms with Crippen molar-refractivity contribution in [3.8, 4) is 18.1 Å². The SMILES string of the molecule is C#Cc1c(F)c(F)c(O)c2cc(N)cc(C(C)C)c12.CC. The van der Waals surface area contributed by atoms with Gasteiger partial charge in [-0.2, -0.15) is 4.39 Å². The summed E-state index contributed by atoms with van der Waals surface area (Å²) in [5.41, 5.74) is 6.59. The van der Waals surface area contributed by atoms with E-state index >= 15 is 0 Å². The third kappa shape index (κ3) is 2.78. The van der Waals surface area contributed by atoms with E-state index in [1.54, 1.807) is 6.07 Å². The van der Waals surface area contributed by atoms with Crippen LogP contribution in [0.15, 0.2) is 12.1 Å². The molecule has 0 bridgehead atoms. The quantitative estimate of drug-likeness (QED) is 0.598. The number of benzene rings is 2. The van der Waals surface area contributed by atoms with Crippen LogP contribution in [0.5, 0.6) is 5.75 Å². The molecule has 0 aromatic heterocycles. The van der Waals surface area contributed by atoms with Crippen LogP contribution in [0.4, 0.5) is 14.5 Å². The largest absolute Gasteiger partial charge is 0.504 e. The van der Waals surface area contributed by atoms with Crippen LogP contribution in [0.3, 0.4) is 0 Å². The highest BCUT2D eigenvalue weighted by Gasteiger charge is 2.21. The van der Waals surface area contributed by atoms with Crippen LogP contribution in [-0.4, -0.2) is 5.11 Å². The summed E-state index contributed by atoms with van der Waals surface area (Å²) in [5.74, 6) is -1.16. The predicted octanol–water partition coefficient (Wildman–Crippen LogP) is 4.54. The smallest absolute Gasteiger partial charge is 0.202 e. The molecule has 0 aliphatic carbocycles. The van der Waals surface area contributed by atoms with Gasteiger partial charge >= 0.3 is 0 Å². The fourth-order valence-corrected chi connectivity index (χ4v) is 2.19. The summed E-state index contributed by atoms with van der Waals surface area (Å²) >= 11 is 0. The van der Waals surface area contributed by atoms with Crippen molar-refractivity contribution in [3.63, 3.8) is 0 Å². The molecule has 0 spiro atoms. The fourth-order valence-electron chi connectivity index (χ4n) is 2.19. The van der Waals surface area contributed by atoms with Gasteiger partial charge in [-0.25, -0.2) is 4.39 Å². The monoisotopic (exact) mass is 291 g/mol. The lowest BCUT2D eigenvalue weighted by molar-refractivity contribution is 0.412. The standard InChI is InChI=1S/C15H13F2NO.C2H6/c1-4-9-12-10(7(2)3)5-8(18)6-11(12)15(19)14(17)13(9)16;1-2/h1,5-7,19H,18H2,2-3H3;1-2H3. The van der Waals surface area contributed by atoms with Crippen LogP contribution in [0.2, 0.25) is 0 Å². The van der Waals surface area contributed by atoms with Crippen molar-refractivity contribution in [2.75, 3.05) is 5.73 Å². The van der Waals surface area contributed by atoms with E-state index in [0.717, 1.165) is 0 Å². The maximum Gasteiger partial charge on any atom is 0.202 e. The number of fused-ring (bicyclic) bond motifs is 1. The van der Waals surface area contributed by atoms with E-state index in [9.17, 15) is 13.9 Å². The zero-order valence-corrected chi connectivity index (χ0v) is 12.6. The highest BCUT2D eigenvalue weighted by molar-refractivity contribution is 5.98. The maximum absolute atomic E-state index is 13.8. The Hall–Kier alpha value is -2.28. The van der Waals surface area contributed by atoms with Gasteiger partial charge in [-0.3, -0.25) is 0 Å². The molecule has 0 unspecified atom stereocenters. The number of nitrogen functional groups attached to an aromatic ring is 1. The molecular weight excluding hydrogens is 272 g/mol. The minimum atomic E-state index is -1.35. The normalized spacial score (nSPS) is 10.2. The van der Waals surface area contributed by atoms with E-state index in [2.05, 4.69) is 5.92 Å². The molecule has 2 nitrogen and oxygen atoms in total. The molecule has 112 valence electrons. The highest BCUT2D eigenvalue weighted by atomic mass is 19.2. The Morgan fingerprint density at radius 1 is 1.19 bits per heavy atom. The predicted molar refractivity (Wildman–Crippen MR) is 83.3 cm³/mol. The van der Waals surface area contributed by atoms with E-state index in [-0.39, 0.29) is 16.9 Å². The minimum Gasteiger partial charge on any atom is -0.504 e. The van der Waals surface area contributed by atoms with Gasteiger partial charge in [0.2, 0.25) is 5.82 Å². The van der Waals surface area contributed by atoms with Crippen molar-refractivity contribution in [3.05, 3.63) is 34.9 Å². The Balaban J connectivity index is 0.00000106. The molecule has 21 heavy (non-hydrogen) atoms. The fraction of sp³-hybridized carbons (Fsp3) is 0.294. The van der Waals surface area contributed by atoms with Crippen LogP contribution in [0, 0.1) is 24.0 Å². The molecule has 3 N–H and O–H groups in total. The first-order chi connectivity index (χ1) is 9.88. The molecule has 0 saturated carbocycles. The second kappa shape index (κ2) is 6.45. The molecule has 0 radical (unpaired) electrons. The minimum absolute atomic E-state index is 0.00219.